The van der Waals surface area contributed by atoms with E-state index in [4.69, 9.17) is 9.47 Å². The number of rotatable bonds is 4. The Balaban J connectivity index is 2.35. The number of hydrogen-bond donors (Lipinski definition) is 1. The largest absolute Gasteiger partial charge is 0.508 e. The Morgan fingerprint density at radius 1 is 1.65 bits per heavy atom. The lowest BCUT2D eigenvalue weighted by Gasteiger charge is -2.11. The van der Waals surface area contributed by atoms with Gasteiger partial charge in [0.1, 0.15) is 23.7 Å². The fourth-order valence-electron chi connectivity index (χ4n) is 1.71. The number of hydrogen-bond acceptors (Lipinski definition) is 5. The zero-order valence-corrected chi connectivity index (χ0v) is 12.1. The molecule has 6 heteroatoms. The molecule has 2 rings (SSSR count). The molecule has 1 aromatic rings. The maximum Gasteiger partial charge on any atom is 0.342 e. The van der Waals surface area contributed by atoms with Crippen LogP contribution >= 0.6 is 30.1 Å². The van der Waals surface area contributed by atoms with E-state index in [1.165, 1.54) is 6.07 Å². The van der Waals surface area contributed by atoms with Crippen molar-refractivity contribution in [2.24, 2.45) is 0 Å². The van der Waals surface area contributed by atoms with Crippen LogP contribution in [0.2, 0.25) is 0 Å². The van der Waals surface area contributed by atoms with E-state index < -0.39 is 0 Å². The minimum Gasteiger partial charge on any atom is -0.508 e. The van der Waals surface area contributed by atoms with Gasteiger partial charge < -0.3 is 14.6 Å². The monoisotopic (exact) mass is 366 g/mol. The first-order chi connectivity index (χ1) is 8.15. The summed E-state index contributed by atoms with van der Waals surface area (Å²) in [7, 11) is 1.63. The number of cyclic esters (lactones) is 1. The lowest BCUT2D eigenvalue weighted by Crippen LogP contribution is -2.05. The smallest absolute Gasteiger partial charge is 0.342 e. The molecule has 0 bridgehead atoms. The van der Waals surface area contributed by atoms with Gasteiger partial charge in [-0.15, -0.1) is 0 Å². The molecular formula is C11H11IO4S. The lowest BCUT2D eigenvalue weighted by molar-refractivity contribution is 0.0532. The molecule has 0 spiro atoms. The summed E-state index contributed by atoms with van der Waals surface area (Å²) in [5.74, 6) is 0.995. The van der Waals surface area contributed by atoms with E-state index in [1.807, 2.05) is 0 Å². The van der Waals surface area contributed by atoms with Crippen LogP contribution in [0.3, 0.4) is 0 Å². The summed E-state index contributed by atoms with van der Waals surface area (Å²) in [6.07, 6.45) is 0. The zero-order chi connectivity index (χ0) is 12.4. The second-order valence-electron chi connectivity index (χ2n) is 3.61. The molecule has 1 aliphatic heterocycles. The molecule has 0 saturated heterocycles. The van der Waals surface area contributed by atoms with Gasteiger partial charge >= 0.3 is 5.97 Å². The maximum absolute atomic E-state index is 11.6. The van der Waals surface area contributed by atoms with Crippen molar-refractivity contribution < 1.29 is 19.4 Å². The highest BCUT2D eigenvalue weighted by Crippen LogP contribution is 2.37. The first-order valence-electron chi connectivity index (χ1n) is 5.04. The SMILES string of the molecule is Cc1c(O)cc(OCCSI)c2c1COC2=O. The normalized spacial score (nSPS) is 13.4. The summed E-state index contributed by atoms with van der Waals surface area (Å²) in [6.45, 7) is 2.47. The van der Waals surface area contributed by atoms with Crippen molar-refractivity contribution >= 4 is 36.1 Å². The van der Waals surface area contributed by atoms with Crippen molar-refractivity contribution in [2.45, 2.75) is 13.5 Å². The number of phenols is 1. The van der Waals surface area contributed by atoms with E-state index in [1.54, 1.807) is 15.9 Å². The number of ether oxygens (including phenoxy) is 2. The molecule has 92 valence electrons. The van der Waals surface area contributed by atoms with Crippen molar-refractivity contribution in [3.05, 3.63) is 22.8 Å². The predicted molar refractivity (Wildman–Crippen MR) is 73.9 cm³/mol. The van der Waals surface area contributed by atoms with E-state index in [9.17, 15) is 9.90 Å². The molecule has 0 amide bonds. The minimum atomic E-state index is -0.375. The van der Waals surface area contributed by atoms with Crippen LogP contribution in [0.1, 0.15) is 21.5 Å². The topological polar surface area (TPSA) is 55.8 Å². The molecule has 0 radical (unpaired) electrons. The van der Waals surface area contributed by atoms with Crippen LogP contribution in [-0.4, -0.2) is 23.4 Å². The average Bonchev–Trinajstić information content (AvgIpc) is 2.68. The van der Waals surface area contributed by atoms with Crippen LogP contribution < -0.4 is 4.74 Å². The second-order valence-corrected chi connectivity index (χ2v) is 6.11. The fourth-order valence-corrected chi connectivity index (χ4v) is 2.39. The summed E-state index contributed by atoms with van der Waals surface area (Å²) in [4.78, 5) is 11.6. The first kappa shape index (κ1) is 12.8. The molecule has 0 aromatic heterocycles. The molecule has 17 heavy (non-hydrogen) atoms. The van der Waals surface area contributed by atoms with Crippen LogP contribution in [0.25, 0.3) is 0 Å². The molecule has 0 unspecified atom stereocenters. The van der Waals surface area contributed by atoms with Gasteiger partial charge in [0, 0.05) is 17.4 Å². The molecule has 1 N–H and O–H groups in total. The molecule has 0 fully saturated rings. The van der Waals surface area contributed by atoms with E-state index >= 15 is 0 Å². The number of aromatic hydroxyl groups is 1. The fraction of sp³-hybridized carbons (Fsp3) is 0.364. The third-order valence-electron chi connectivity index (χ3n) is 2.62. The number of benzene rings is 1. The summed E-state index contributed by atoms with van der Waals surface area (Å²) < 4.78 is 10.5. The number of fused-ring (bicyclic) bond motifs is 1. The highest BCUT2D eigenvalue weighted by Gasteiger charge is 2.29. The Hall–Kier alpha value is -0.630. The van der Waals surface area contributed by atoms with Gasteiger partial charge in [0.25, 0.3) is 0 Å². The second kappa shape index (κ2) is 5.34. The highest BCUT2D eigenvalue weighted by atomic mass is 127. The predicted octanol–water partition coefficient (Wildman–Crippen LogP) is 2.83. The van der Waals surface area contributed by atoms with Crippen molar-refractivity contribution in [3.63, 3.8) is 0 Å². The van der Waals surface area contributed by atoms with Gasteiger partial charge in [0.15, 0.2) is 0 Å². The number of phenolic OH excluding ortho intramolecular Hbond substituents is 1. The van der Waals surface area contributed by atoms with Crippen LogP contribution in [0.4, 0.5) is 0 Å². The average molecular weight is 366 g/mol. The molecule has 4 nitrogen and oxygen atoms in total. The molecule has 0 atom stereocenters. The molecule has 0 aliphatic carbocycles. The van der Waals surface area contributed by atoms with Crippen molar-refractivity contribution in [1.82, 2.24) is 0 Å². The summed E-state index contributed by atoms with van der Waals surface area (Å²) in [5, 5.41) is 9.75. The molecular weight excluding hydrogens is 355 g/mol. The molecule has 0 saturated carbocycles. The van der Waals surface area contributed by atoms with E-state index in [2.05, 4.69) is 21.2 Å². The van der Waals surface area contributed by atoms with Crippen molar-refractivity contribution in [2.75, 3.05) is 12.4 Å². The van der Waals surface area contributed by atoms with Gasteiger partial charge in [-0.2, -0.15) is 0 Å². The minimum absolute atomic E-state index is 0.138. The Morgan fingerprint density at radius 2 is 2.41 bits per heavy atom. The lowest BCUT2D eigenvalue weighted by atomic mass is 10.0. The van der Waals surface area contributed by atoms with Crippen LogP contribution in [0.5, 0.6) is 11.5 Å². The van der Waals surface area contributed by atoms with Gasteiger partial charge in [-0.3, -0.25) is 0 Å². The van der Waals surface area contributed by atoms with Gasteiger partial charge in [0.05, 0.1) is 6.61 Å². The van der Waals surface area contributed by atoms with Crippen molar-refractivity contribution in [1.29, 1.82) is 0 Å². The highest BCUT2D eigenvalue weighted by molar-refractivity contribution is 14.2. The summed E-state index contributed by atoms with van der Waals surface area (Å²) >= 11 is 2.18. The van der Waals surface area contributed by atoms with E-state index in [0.29, 0.717) is 23.5 Å². The summed E-state index contributed by atoms with van der Waals surface area (Å²) in [5.41, 5.74) is 1.87. The van der Waals surface area contributed by atoms with Gasteiger partial charge in [-0.05, 0) is 33.7 Å². The zero-order valence-electron chi connectivity index (χ0n) is 9.16. The van der Waals surface area contributed by atoms with Gasteiger partial charge in [-0.25, -0.2) is 4.79 Å². The Morgan fingerprint density at radius 3 is 3.12 bits per heavy atom. The van der Waals surface area contributed by atoms with Crippen molar-refractivity contribution in [3.8, 4) is 11.5 Å². The standard InChI is InChI=1S/C11H11IO4S/c1-6-7-5-16-11(14)10(7)9(4-8(6)13)15-2-3-17-12/h4,13H,2-3,5H2,1H3. The van der Waals surface area contributed by atoms with E-state index in [-0.39, 0.29) is 18.3 Å². The number of halogens is 1. The first-order valence-corrected chi connectivity index (χ1v) is 8.57. The van der Waals surface area contributed by atoms with Gasteiger partial charge in [0.2, 0.25) is 0 Å². The third-order valence-corrected chi connectivity index (χ3v) is 4.26. The number of esters is 1. The third kappa shape index (κ3) is 2.47. The number of carbonyl (C=O) groups excluding carboxylic acids is 1. The Kier molecular flexibility index (Phi) is 4.03. The Bertz CT molecular complexity index is 461. The quantitative estimate of drug-likeness (QED) is 0.505. The molecule has 1 aliphatic rings. The van der Waals surface area contributed by atoms with Crippen LogP contribution in [-0.2, 0) is 11.3 Å². The van der Waals surface area contributed by atoms with Crippen LogP contribution in [0.15, 0.2) is 6.07 Å². The van der Waals surface area contributed by atoms with E-state index in [0.717, 1.165) is 11.3 Å². The molecule has 1 aromatic carbocycles. The van der Waals surface area contributed by atoms with Gasteiger partial charge in [-0.1, -0.05) is 8.93 Å². The maximum atomic E-state index is 11.6. The summed E-state index contributed by atoms with van der Waals surface area (Å²) in [6, 6.07) is 1.48. The number of carbonyl (C=O) groups is 1. The molecule has 1 heterocycles. The van der Waals surface area contributed by atoms with Crippen LogP contribution in [0, 0.1) is 6.92 Å². The Labute approximate surface area is 115 Å².